The van der Waals surface area contributed by atoms with Gasteiger partial charge in [-0.15, -0.1) is 0 Å². The summed E-state index contributed by atoms with van der Waals surface area (Å²) in [7, 11) is 0. The topological polar surface area (TPSA) is 32.3 Å². The van der Waals surface area contributed by atoms with Gasteiger partial charge in [-0.25, -0.2) is 0 Å². The predicted molar refractivity (Wildman–Crippen MR) is 91.6 cm³/mol. The van der Waals surface area contributed by atoms with E-state index in [1.54, 1.807) is 6.07 Å². The fourth-order valence-corrected chi connectivity index (χ4v) is 2.80. The molecule has 2 aromatic carbocycles. The van der Waals surface area contributed by atoms with Gasteiger partial charge in [-0.05, 0) is 58.7 Å². The molecule has 0 spiro atoms. The smallest absolute Gasteiger partial charge is 0.120 e. The maximum Gasteiger partial charge on any atom is 0.120 e. The highest BCUT2D eigenvalue weighted by Gasteiger charge is 2.14. The second-order valence-electron chi connectivity index (χ2n) is 4.44. The van der Waals surface area contributed by atoms with E-state index in [1.165, 1.54) is 0 Å². The second-order valence-corrected chi connectivity index (χ2v) is 6.61. The van der Waals surface area contributed by atoms with E-state index in [2.05, 4.69) is 44.1 Å². The molecule has 0 radical (unpaired) electrons. The molecule has 2 rings (SSSR count). The molecular formula is C15H14Br2ClNO. The van der Waals surface area contributed by atoms with E-state index in [0.29, 0.717) is 5.02 Å². The summed E-state index contributed by atoms with van der Waals surface area (Å²) in [6.07, 6.45) is 0.845. The van der Waals surface area contributed by atoms with E-state index < -0.39 is 0 Å². The van der Waals surface area contributed by atoms with Crippen molar-refractivity contribution in [3.8, 4) is 5.75 Å². The number of hydrogen-bond donors (Lipinski definition) is 2. The number of nitrogens with one attached hydrogen (secondary N) is 1. The molecule has 0 aliphatic rings. The summed E-state index contributed by atoms with van der Waals surface area (Å²) in [6.45, 7) is 2.07. The number of benzene rings is 2. The van der Waals surface area contributed by atoms with Gasteiger partial charge in [-0.2, -0.15) is 0 Å². The molecule has 1 unspecified atom stereocenters. The summed E-state index contributed by atoms with van der Waals surface area (Å²) in [5.74, 6) is 0.288. The highest BCUT2D eigenvalue weighted by molar-refractivity contribution is 9.10. The zero-order valence-electron chi connectivity index (χ0n) is 10.8. The van der Waals surface area contributed by atoms with Crippen molar-refractivity contribution in [3.63, 3.8) is 0 Å². The van der Waals surface area contributed by atoms with Crippen LogP contribution in [0.15, 0.2) is 45.3 Å². The van der Waals surface area contributed by atoms with Crippen molar-refractivity contribution in [1.29, 1.82) is 0 Å². The Morgan fingerprint density at radius 3 is 2.60 bits per heavy atom. The fraction of sp³-hybridized carbons (Fsp3) is 0.200. The van der Waals surface area contributed by atoms with Gasteiger partial charge in [0.25, 0.3) is 0 Å². The number of phenols is 1. The molecular weight excluding hydrogens is 405 g/mol. The SMILES string of the molecule is CCC(Nc1ccc(Br)c(Cl)c1)c1cc(Br)ccc1O. The van der Waals surface area contributed by atoms with Crippen LogP contribution in [0, 0.1) is 0 Å². The Labute approximate surface area is 140 Å². The van der Waals surface area contributed by atoms with Crippen molar-refractivity contribution < 1.29 is 5.11 Å². The molecule has 0 aliphatic heterocycles. The zero-order valence-corrected chi connectivity index (χ0v) is 14.8. The Morgan fingerprint density at radius 1 is 1.20 bits per heavy atom. The average Bonchev–Trinajstić information content (AvgIpc) is 2.43. The highest BCUT2D eigenvalue weighted by atomic mass is 79.9. The third-order valence-corrected chi connectivity index (χ3v) is 4.76. The van der Waals surface area contributed by atoms with Crippen LogP contribution in [-0.2, 0) is 0 Å². The van der Waals surface area contributed by atoms with Gasteiger partial charge < -0.3 is 10.4 Å². The summed E-state index contributed by atoms with van der Waals surface area (Å²) in [4.78, 5) is 0. The van der Waals surface area contributed by atoms with Gasteiger partial charge in [0.05, 0.1) is 11.1 Å². The van der Waals surface area contributed by atoms with E-state index in [0.717, 1.165) is 26.6 Å². The van der Waals surface area contributed by atoms with Crippen molar-refractivity contribution in [2.45, 2.75) is 19.4 Å². The minimum Gasteiger partial charge on any atom is -0.508 e. The third-order valence-electron chi connectivity index (χ3n) is 3.03. The van der Waals surface area contributed by atoms with Crippen molar-refractivity contribution >= 4 is 49.1 Å². The van der Waals surface area contributed by atoms with Crippen LogP contribution in [0.25, 0.3) is 0 Å². The molecule has 0 fully saturated rings. The molecule has 0 heterocycles. The summed E-state index contributed by atoms with van der Waals surface area (Å²) in [5.41, 5.74) is 1.78. The number of anilines is 1. The Bertz CT molecular complexity index is 619. The lowest BCUT2D eigenvalue weighted by Gasteiger charge is -2.20. The van der Waals surface area contributed by atoms with Gasteiger partial charge in [0, 0.05) is 20.2 Å². The third kappa shape index (κ3) is 3.68. The molecule has 20 heavy (non-hydrogen) atoms. The van der Waals surface area contributed by atoms with Crippen LogP contribution in [0.3, 0.4) is 0 Å². The van der Waals surface area contributed by atoms with E-state index in [1.807, 2.05) is 30.3 Å². The number of halogens is 3. The normalized spacial score (nSPS) is 12.2. The number of rotatable bonds is 4. The van der Waals surface area contributed by atoms with Crippen LogP contribution >= 0.6 is 43.5 Å². The molecule has 5 heteroatoms. The van der Waals surface area contributed by atoms with Crippen LogP contribution in [-0.4, -0.2) is 5.11 Å². The monoisotopic (exact) mass is 417 g/mol. The van der Waals surface area contributed by atoms with Gasteiger partial charge in [0.15, 0.2) is 0 Å². The van der Waals surface area contributed by atoms with Crippen molar-refractivity contribution in [2.75, 3.05) is 5.32 Å². The van der Waals surface area contributed by atoms with E-state index in [4.69, 9.17) is 11.6 Å². The van der Waals surface area contributed by atoms with Crippen LogP contribution in [0.1, 0.15) is 24.9 Å². The van der Waals surface area contributed by atoms with Gasteiger partial charge >= 0.3 is 0 Å². The first-order valence-corrected chi connectivity index (χ1v) is 8.17. The minimum absolute atomic E-state index is 0.0183. The van der Waals surface area contributed by atoms with Crippen molar-refractivity contribution in [3.05, 3.63) is 55.9 Å². The fourth-order valence-electron chi connectivity index (χ4n) is 1.99. The summed E-state index contributed by atoms with van der Waals surface area (Å²) in [5, 5.41) is 14.1. The highest BCUT2D eigenvalue weighted by Crippen LogP contribution is 2.33. The van der Waals surface area contributed by atoms with E-state index >= 15 is 0 Å². The van der Waals surface area contributed by atoms with Crippen LogP contribution in [0.4, 0.5) is 5.69 Å². The van der Waals surface area contributed by atoms with Crippen molar-refractivity contribution in [1.82, 2.24) is 0 Å². The zero-order chi connectivity index (χ0) is 14.7. The van der Waals surface area contributed by atoms with E-state index in [-0.39, 0.29) is 11.8 Å². The van der Waals surface area contributed by atoms with Gasteiger partial charge in [-0.1, -0.05) is 34.5 Å². The Kier molecular flexibility index (Phi) is 5.35. The Balaban J connectivity index is 2.28. The maximum atomic E-state index is 10.0. The van der Waals surface area contributed by atoms with Crippen LogP contribution in [0.5, 0.6) is 5.75 Å². The minimum atomic E-state index is 0.0183. The first-order valence-electron chi connectivity index (χ1n) is 6.21. The van der Waals surface area contributed by atoms with Gasteiger partial charge in [0.2, 0.25) is 0 Å². The van der Waals surface area contributed by atoms with E-state index in [9.17, 15) is 5.11 Å². The molecule has 2 N–H and O–H groups in total. The number of phenolic OH excluding ortho intramolecular Hbond substituents is 1. The lowest BCUT2D eigenvalue weighted by atomic mass is 10.0. The Hall–Kier alpha value is -0.710. The molecule has 1 atom stereocenters. The Morgan fingerprint density at radius 2 is 1.95 bits per heavy atom. The van der Waals surface area contributed by atoms with Crippen molar-refractivity contribution in [2.24, 2.45) is 0 Å². The molecule has 2 aromatic rings. The molecule has 0 saturated carbocycles. The molecule has 106 valence electrons. The quantitative estimate of drug-likeness (QED) is 0.624. The molecule has 0 saturated heterocycles. The predicted octanol–water partition coefficient (Wildman–Crippen LogP) is 6.13. The second kappa shape index (κ2) is 6.83. The lowest BCUT2D eigenvalue weighted by Crippen LogP contribution is -2.10. The number of aromatic hydroxyl groups is 1. The largest absolute Gasteiger partial charge is 0.508 e. The van der Waals surface area contributed by atoms with Gasteiger partial charge in [-0.3, -0.25) is 0 Å². The molecule has 0 aromatic heterocycles. The van der Waals surface area contributed by atoms with Gasteiger partial charge in [0.1, 0.15) is 5.75 Å². The average molecular weight is 420 g/mol. The number of hydrogen-bond acceptors (Lipinski definition) is 2. The summed E-state index contributed by atoms with van der Waals surface area (Å²) >= 11 is 12.9. The molecule has 0 amide bonds. The first-order chi connectivity index (χ1) is 9.51. The molecule has 0 bridgehead atoms. The molecule has 2 nitrogen and oxygen atoms in total. The summed E-state index contributed by atoms with van der Waals surface area (Å²) < 4.78 is 1.81. The lowest BCUT2D eigenvalue weighted by molar-refractivity contribution is 0.462. The van der Waals surface area contributed by atoms with Crippen LogP contribution in [0.2, 0.25) is 5.02 Å². The standard InChI is InChI=1S/C15H14Br2ClNO/c1-2-14(11-7-9(16)3-6-15(11)20)19-10-4-5-12(17)13(18)8-10/h3-8,14,19-20H,2H2,1H3. The first kappa shape index (κ1) is 15.7. The maximum absolute atomic E-state index is 10.0. The van der Waals surface area contributed by atoms with Crippen LogP contribution < -0.4 is 5.32 Å². The summed E-state index contributed by atoms with van der Waals surface area (Å²) in [6, 6.07) is 11.2. The molecule has 0 aliphatic carbocycles.